The Kier molecular flexibility index (Phi) is 5.86. The van der Waals surface area contributed by atoms with Crippen molar-refractivity contribution in [2.24, 2.45) is 0 Å². The van der Waals surface area contributed by atoms with E-state index in [0.29, 0.717) is 12.6 Å². The number of nitrogens with one attached hydrogen (secondary N) is 2. The van der Waals surface area contributed by atoms with E-state index in [9.17, 15) is 4.79 Å². The standard InChI is InChI=1S/C16H23ClN2O/c1-12(13-7-9-14(17)10-8-13)18-11-16(20)19-15-5-3-2-4-6-15/h7-10,12,15,18H,2-6,11H2,1H3,(H,19,20)/t12-/m1/s1. The summed E-state index contributed by atoms with van der Waals surface area (Å²) in [6, 6.07) is 8.24. The van der Waals surface area contributed by atoms with Crippen LogP contribution >= 0.6 is 11.6 Å². The van der Waals surface area contributed by atoms with Crippen LogP contribution in [-0.2, 0) is 4.79 Å². The van der Waals surface area contributed by atoms with Gasteiger partial charge >= 0.3 is 0 Å². The molecule has 1 atom stereocenters. The molecule has 0 aromatic heterocycles. The molecule has 1 aliphatic carbocycles. The van der Waals surface area contributed by atoms with Crippen molar-refractivity contribution in [2.75, 3.05) is 6.54 Å². The van der Waals surface area contributed by atoms with Gasteiger partial charge in [-0.15, -0.1) is 0 Å². The first-order valence-corrected chi connectivity index (χ1v) is 7.81. The molecule has 0 bridgehead atoms. The molecule has 1 aromatic rings. The molecular weight excluding hydrogens is 272 g/mol. The van der Waals surface area contributed by atoms with E-state index in [1.165, 1.54) is 19.3 Å². The fourth-order valence-corrected chi connectivity index (χ4v) is 2.77. The molecule has 1 aromatic carbocycles. The van der Waals surface area contributed by atoms with Gasteiger partial charge in [-0.2, -0.15) is 0 Å². The van der Waals surface area contributed by atoms with E-state index in [2.05, 4.69) is 17.6 Å². The molecule has 1 fully saturated rings. The van der Waals surface area contributed by atoms with Crippen LogP contribution in [0.15, 0.2) is 24.3 Å². The van der Waals surface area contributed by atoms with E-state index in [-0.39, 0.29) is 11.9 Å². The summed E-state index contributed by atoms with van der Waals surface area (Å²) in [6.45, 7) is 2.41. The molecule has 2 N–H and O–H groups in total. The highest BCUT2D eigenvalue weighted by Gasteiger charge is 2.16. The van der Waals surface area contributed by atoms with Crippen molar-refractivity contribution in [1.29, 1.82) is 0 Å². The molecule has 0 heterocycles. The van der Waals surface area contributed by atoms with Gasteiger partial charge in [0.15, 0.2) is 0 Å². The van der Waals surface area contributed by atoms with Crippen LogP contribution in [0.3, 0.4) is 0 Å². The summed E-state index contributed by atoms with van der Waals surface area (Å²) in [7, 11) is 0. The predicted octanol–water partition coefficient (Wildman–Crippen LogP) is 3.44. The maximum Gasteiger partial charge on any atom is 0.234 e. The maximum absolute atomic E-state index is 11.9. The second kappa shape index (κ2) is 7.65. The zero-order valence-electron chi connectivity index (χ0n) is 12.0. The molecule has 4 heteroatoms. The fraction of sp³-hybridized carbons (Fsp3) is 0.562. The van der Waals surface area contributed by atoms with Gasteiger partial charge in [-0.3, -0.25) is 4.79 Å². The van der Waals surface area contributed by atoms with Crippen molar-refractivity contribution in [3.63, 3.8) is 0 Å². The molecule has 110 valence electrons. The average Bonchev–Trinajstić information content (AvgIpc) is 2.46. The highest BCUT2D eigenvalue weighted by Crippen LogP contribution is 2.17. The van der Waals surface area contributed by atoms with E-state index < -0.39 is 0 Å². The molecule has 1 saturated carbocycles. The second-order valence-electron chi connectivity index (χ2n) is 5.56. The molecule has 20 heavy (non-hydrogen) atoms. The quantitative estimate of drug-likeness (QED) is 0.873. The van der Waals surface area contributed by atoms with Crippen LogP contribution in [0.2, 0.25) is 5.02 Å². The van der Waals surface area contributed by atoms with Gasteiger partial charge in [0, 0.05) is 17.1 Å². The van der Waals surface area contributed by atoms with Gasteiger partial charge in [0.05, 0.1) is 6.54 Å². The Labute approximate surface area is 126 Å². The van der Waals surface area contributed by atoms with E-state index in [1.54, 1.807) is 0 Å². The first-order chi connectivity index (χ1) is 9.65. The van der Waals surface area contributed by atoms with E-state index in [0.717, 1.165) is 23.4 Å². The number of hydrogen-bond acceptors (Lipinski definition) is 2. The van der Waals surface area contributed by atoms with Crippen LogP contribution in [0, 0.1) is 0 Å². The van der Waals surface area contributed by atoms with Gasteiger partial charge in [0.25, 0.3) is 0 Å². The van der Waals surface area contributed by atoms with Crippen molar-refractivity contribution in [3.8, 4) is 0 Å². The Morgan fingerprint density at radius 3 is 2.55 bits per heavy atom. The molecule has 0 unspecified atom stereocenters. The van der Waals surface area contributed by atoms with Crippen LogP contribution in [-0.4, -0.2) is 18.5 Å². The summed E-state index contributed by atoms with van der Waals surface area (Å²) >= 11 is 5.87. The normalized spacial score (nSPS) is 17.7. The highest BCUT2D eigenvalue weighted by atomic mass is 35.5. The summed E-state index contributed by atoms with van der Waals surface area (Å²) in [5.41, 5.74) is 1.14. The highest BCUT2D eigenvalue weighted by molar-refractivity contribution is 6.30. The van der Waals surface area contributed by atoms with Gasteiger partial charge in [-0.1, -0.05) is 43.0 Å². The Morgan fingerprint density at radius 2 is 1.90 bits per heavy atom. The topological polar surface area (TPSA) is 41.1 Å². The molecule has 3 nitrogen and oxygen atoms in total. The lowest BCUT2D eigenvalue weighted by molar-refractivity contribution is -0.121. The molecule has 1 aliphatic rings. The van der Waals surface area contributed by atoms with Crippen molar-refractivity contribution in [1.82, 2.24) is 10.6 Å². The Bertz CT molecular complexity index is 427. The second-order valence-corrected chi connectivity index (χ2v) is 5.99. The first kappa shape index (κ1) is 15.3. The van der Waals surface area contributed by atoms with Crippen LogP contribution in [0.4, 0.5) is 0 Å². The zero-order chi connectivity index (χ0) is 14.4. The lowest BCUT2D eigenvalue weighted by Crippen LogP contribution is -2.41. The molecule has 1 amide bonds. The SMILES string of the molecule is C[C@@H](NCC(=O)NC1CCCCC1)c1ccc(Cl)cc1. The van der Waals surface area contributed by atoms with Crippen molar-refractivity contribution < 1.29 is 4.79 Å². The van der Waals surface area contributed by atoms with Crippen LogP contribution in [0.1, 0.15) is 50.6 Å². The number of amides is 1. The van der Waals surface area contributed by atoms with Crippen molar-refractivity contribution in [3.05, 3.63) is 34.9 Å². The van der Waals surface area contributed by atoms with Gasteiger partial charge in [-0.25, -0.2) is 0 Å². The van der Waals surface area contributed by atoms with E-state index >= 15 is 0 Å². The Balaban J connectivity index is 1.73. The lowest BCUT2D eigenvalue weighted by Gasteiger charge is -2.23. The molecule has 0 aliphatic heterocycles. The third kappa shape index (κ3) is 4.80. The summed E-state index contributed by atoms with van der Waals surface area (Å²) < 4.78 is 0. The summed E-state index contributed by atoms with van der Waals surface area (Å²) in [5, 5.41) is 7.10. The number of hydrogen-bond donors (Lipinski definition) is 2. The van der Waals surface area contributed by atoms with Crippen LogP contribution in [0.25, 0.3) is 0 Å². The Hall–Kier alpha value is -1.06. The summed E-state index contributed by atoms with van der Waals surface area (Å²) in [4.78, 5) is 11.9. The minimum atomic E-state index is 0.0951. The van der Waals surface area contributed by atoms with Crippen LogP contribution in [0.5, 0.6) is 0 Å². The minimum Gasteiger partial charge on any atom is -0.352 e. The molecule has 0 spiro atoms. The number of carbonyl (C=O) groups excluding carboxylic acids is 1. The van der Waals surface area contributed by atoms with Gasteiger partial charge in [0.1, 0.15) is 0 Å². The zero-order valence-corrected chi connectivity index (χ0v) is 12.7. The van der Waals surface area contributed by atoms with Crippen LogP contribution < -0.4 is 10.6 Å². The van der Waals surface area contributed by atoms with Gasteiger partial charge in [-0.05, 0) is 37.5 Å². The first-order valence-electron chi connectivity index (χ1n) is 7.43. The molecule has 0 radical (unpaired) electrons. The van der Waals surface area contributed by atoms with E-state index in [4.69, 9.17) is 11.6 Å². The monoisotopic (exact) mass is 294 g/mol. The van der Waals surface area contributed by atoms with Gasteiger partial charge < -0.3 is 10.6 Å². The maximum atomic E-state index is 11.9. The smallest absolute Gasteiger partial charge is 0.234 e. The number of halogens is 1. The average molecular weight is 295 g/mol. The third-order valence-electron chi connectivity index (χ3n) is 3.91. The molecular formula is C16H23ClN2O. The van der Waals surface area contributed by atoms with E-state index in [1.807, 2.05) is 24.3 Å². The lowest BCUT2D eigenvalue weighted by atomic mass is 9.95. The summed E-state index contributed by atoms with van der Waals surface area (Å²) in [5.74, 6) is 0.0951. The fourth-order valence-electron chi connectivity index (χ4n) is 2.64. The van der Waals surface area contributed by atoms with Crippen molar-refractivity contribution in [2.45, 2.75) is 51.1 Å². The minimum absolute atomic E-state index is 0.0951. The number of rotatable bonds is 5. The van der Waals surface area contributed by atoms with Crippen molar-refractivity contribution >= 4 is 17.5 Å². The number of benzene rings is 1. The number of carbonyl (C=O) groups is 1. The molecule has 2 rings (SSSR count). The molecule has 0 saturated heterocycles. The third-order valence-corrected chi connectivity index (χ3v) is 4.16. The largest absolute Gasteiger partial charge is 0.352 e. The van der Waals surface area contributed by atoms with Gasteiger partial charge in [0.2, 0.25) is 5.91 Å². The Morgan fingerprint density at radius 1 is 1.25 bits per heavy atom. The summed E-state index contributed by atoms with van der Waals surface area (Å²) in [6.07, 6.45) is 6.02. The predicted molar refractivity (Wildman–Crippen MR) is 82.9 cm³/mol.